The van der Waals surface area contributed by atoms with Crippen LogP contribution in [0, 0.1) is 6.92 Å². The number of rotatable bonds is 2. The molecule has 2 N–H and O–H groups in total. The third-order valence-electron chi connectivity index (χ3n) is 4.21. The highest BCUT2D eigenvalue weighted by atomic mass is 16.5. The number of nitrogens with zero attached hydrogens (tertiary/aromatic N) is 2. The highest BCUT2D eigenvalue weighted by Gasteiger charge is 2.27. The van der Waals surface area contributed by atoms with Gasteiger partial charge in [-0.2, -0.15) is 4.98 Å². The summed E-state index contributed by atoms with van der Waals surface area (Å²) < 4.78 is 5.50. The van der Waals surface area contributed by atoms with Crippen LogP contribution in [0.2, 0.25) is 0 Å². The van der Waals surface area contributed by atoms with E-state index in [0.29, 0.717) is 11.7 Å². The van der Waals surface area contributed by atoms with Gasteiger partial charge in [-0.05, 0) is 25.3 Å². The van der Waals surface area contributed by atoms with Gasteiger partial charge in [-0.15, -0.1) is 0 Å². The van der Waals surface area contributed by atoms with Crippen molar-refractivity contribution in [3.63, 3.8) is 0 Å². The number of hydrogen-bond donors (Lipinski definition) is 1. The molecule has 0 amide bonds. The fraction of sp³-hybridized carbons (Fsp3) is 0.500. The van der Waals surface area contributed by atoms with Crippen molar-refractivity contribution in [2.24, 2.45) is 5.73 Å². The molecule has 0 spiro atoms. The van der Waals surface area contributed by atoms with Crippen LogP contribution in [0.5, 0.6) is 0 Å². The Hall–Kier alpha value is -1.68. The molecule has 1 aliphatic rings. The Labute approximate surface area is 119 Å². The number of aryl methyl sites for hydroxylation is 1. The molecule has 0 saturated heterocycles. The minimum Gasteiger partial charge on any atom is -0.339 e. The summed E-state index contributed by atoms with van der Waals surface area (Å²) in [6, 6.07) is 8.24. The zero-order chi connectivity index (χ0) is 13.9. The van der Waals surface area contributed by atoms with Crippen molar-refractivity contribution in [1.82, 2.24) is 10.1 Å². The zero-order valence-electron chi connectivity index (χ0n) is 11.9. The molecule has 1 aromatic heterocycles. The molecule has 1 heterocycles. The molecule has 0 radical (unpaired) electrons. The molecule has 2 unspecified atom stereocenters. The molecule has 1 fully saturated rings. The van der Waals surface area contributed by atoms with E-state index in [1.165, 1.54) is 19.3 Å². The Morgan fingerprint density at radius 1 is 1.15 bits per heavy atom. The summed E-state index contributed by atoms with van der Waals surface area (Å²) in [7, 11) is 0. The van der Waals surface area contributed by atoms with Gasteiger partial charge in [0, 0.05) is 11.6 Å². The van der Waals surface area contributed by atoms with Gasteiger partial charge in [-0.25, -0.2) is 0 Å². The van der Waals surface area contributed by atoms with E-state index in [2.05, 4.69) is 23.1 Å². The Morgan fingerprint density at radius 3 is 2.80 bits per heavy atom. The number of nitrogens with two attached hydrogens (primary N) is 1. The highest BCUT2D eigenvalue weighted by Crippen LogP contribution is 2.31. The third-order valence-corrected chi connectivity index (χ3v) is 4.21. The molecule has 2 atom stereocenters. The summed E-state index contributed by atoms with van der Waals surface area (Å²) in [6.45, 7) is 2.06. The normalized spacial score (nSPS) is 23.5. The number of aromatic nitrogens is 2. The standard InChI is InChI=1S/C16H21N3O/c1-11-7-5-6-8-12(11)15-18-16(20-19-15)13-9-3-2-4-10-14(13)17/h5-8,13-14H,2-4,9-10,17H2,1H3. The maximum Gasteiger partial charge on any atom is 0.231 e. The van der Waals surface area contributed by atoms with E-state index in [1.807, 2.05) is 18.2 Å². The van der Waals surface area contributed by atoms with Crippen LogP contribution in [0.3, 0.4) is 0 Å². The van der Waals surface area contributed by atoms with Crippen LogP contribution < -0.4 is 5.73 Å². The van der Waals surface area contributed by atoms with Crippen molar-refractivity contribution in [3.05, 3.63) is 35.7 Å². The highest BCUT2D eigenvalue weighted by molar-refractivity contribution is 5.59. The minimum atomic E-state index is 0.141. The lowest BCUT2D eigenvalue weighted by molar-refractivity contribution is 0.326. The van der Waals surface area contributed by atoms with Gasteiger partial charge in [0.1, 0.15) is 0 Å². The van der Waals surface area contributed by atoms with Crippen LogP contribution in [0.15, 0.2) is 28.8 Å². The van der Waals surface area contributed by atoms with Gasteiger partial charge in [0.15, 0.2) is 0 Å². The van der Waals surface area contributed by atoms with Gasteiger partial charge < -0.3 is 10.3 Å². The first kappa shape index (κ1) is 13.3. The Balaban J connectivity index is 1.88. The van der Waals surface area contributed by atoms with Gasteiger partial charge in [0.2, 0.25) is 11.7 Å². The van der Waals surface area contributed by atoms with Crippen molar-refractivity contribution in [1.29, 1.82) is 0 Å². The average Bonchev–Trinajstić information content (AvgIpc) is 2.82. The molecule has 0 aliphatic heterocycles. The zero-order valence-corrected chi connectivity index (χ0v) is 11.9. The van der Waals surface area contributed by atoms with Crippen LogP contribution in [-0.4, -0.2) is 16.2 Å². The van der Waals surface area contributed by atoms with E-state index in [1.54, 1.807) is 0 Å². The SMILES string of the molecule is Cc1ccccc1-c1noc(C2CCCCCC2N)n1. The first-order chi connectivity index (χ1) is 9.75. The van der Waals surface area contributed by atoms with E-state index in [0.717, 1.165) is 24.0 Å². The summed E-state index contributed by atoms with van der Waals surface area (Å²) in [6.07, 6.45) is 5.75. The predicted octanol–water partition coefficient (Wildman–Crippen LogP) is 3.42. The molecule has 0 bridgehead atoms. The van der Waals surface area contributed by atoms with Crippen LogP contribution in [0.1, 0.15) is 49.5 Å². The maximum atomic E-state index is 6.26. The molecule has 4 nitrogen and oxygen atoms in total. The van der Waals surface area contributed by atoms with Crippen LogP contribution in [0.25, 0.3) is 11.4 Å². The quantitative estimate of drug-likeness (QED) is 0.850. The summed E-state index contributed by atoms with van der Waals surface area (Å²) in [5.74, 6) is 1.59. The Morgan fingerprint density at radius 2 is 1.95 bits per heavy atom. The summed E-state index contributed by atoms with van der Waals surface area (Å²) >= 11 is 0. The fourth-order valence-electron chi connectivity index (χ4n) is 2.96. The molecular weight excluding hydrogens is 250 g/mol. The molecule has 2 aromatic rings. The largest absolute Gasteiger partial charge is 0.339 e. The molecule has 1 aliphatic carbocycles. The van der Waals surface area contributed by atoms with Crippen LogP contribution in [-0.2, 0) is 0 Å². The molecule has 106 valence electrons. The van der Waals surface area contributed by atoms with E-state index in [9.17, 15) is 0 Å². The van der Waals surface area contributed by atoms with Gasteiger partial charge in [-0.1, -0.05) is 48.7 Å². The number of hydrogen-bond acceptors (Lipinski definition) is 4. The molecule has 1 saturated carbocycles. The molecule has 1 aromatic carbocycles. The van der Waals surface area contributed by atoms with Crippen molar-refractivity contribution in [2.45, 2.75) is 51.0 Å². The summed E-state index contributed by atoms with van der Waals surface area (Å²) in [5.41, 5.74) is 8.45. The molecule has 20 heavy (non-hydrogen) atoms. The second-order valence-electron chi connectivity index (χ2n) is 5.68. The van der Waals surface area contributed by atoms with Crippen molar-refractivity contribution in [2.75, 3.05) is 0 Å². The lowest BCUT2D eigenvalue weighted by atomic mass is 9.95. The molecular formula is C16H21N3O. The van der Waals surface area contributed by atoms with E-state index in [4.69, 9.17) is 10.3 Å². The van der Waals surface area contributed by atoms with Crippen molar-refractivity contribution in [3.8, 4) is 11.4 Å². The van der Waals surface area contributed by atoms with Crippen molar-refractivity contribution < 1.29 is 4.52 Å². The van der Waals surface area contributed by atoms with E-state index < -0.39 is 0 Å². The van der Waals surface area contributed by atoms with Crippen molar-refractivity contribution >= 4 is 0 Å². The molecule has 4 heteroatoms. The van der Waals surface area contributed by atoms with Gasteiger partial charge in [-0.3, -0.25) is 0 Å². The first-order valence-electron chi connectivity index (χ1n) is 7.41. The Bertz CT molecular complexity index is 579. The second-order valence-corrected chi connectivity index (χ2v) is 5.68. The maximum absolute atomic E-state index is 6.26. The van der Waals surface area contributed by atoms with Gasteiger partial charge in [0.25, 0.3) is 0 Å². The van der Waals surface area contributed by atoms with Gasteiger partial charge in [0.05, 0.1) is 5.92 Å². The summed E-state index contributed by atoms with van der Waals surface area (Å²) in [5, 5.41) is 4.15. The topological polar surface area (TPSA) is 64.9 Å². The van der Waals surface area contributed by atoms with E-state index >= 15 is 0 Å². The summed E-state index contributed by atoms with van der Waals surface area (Å²) in [4.78, 5) is 4.60. The first-order valence-corrected chi connectivity index (χ1v) is 7.41. The van der Waals surface area contributed by atoms with Crippen LogP contribution in [0.4, 0.5) is 0 Å². The Kier molecular flexibility index (Phi) is 3.83. The van der Waals surface area contributed by atoms with Gasteiger partial charge >= 0.3 is 0 Å². The smallest absolute Gasteiger partial charge is 0.231 e. The van der Waals surface area contributed by atoms with Crippen LogP contribution >= 0.6 is 0 Å². The fourth-order valence-corrected chi connectivity index (χ4v) is 2.96. The average molecular weight is 271 g/mol. The van der Waals surface area contributed by atoms with E-state index in [-0.39, 0.29) is 12.0 Å². The predicted molar refractivity (Wildman–Crippen MR) is 78.3 cm³/mol. The monoisotopic (exact) mass is 271 g/mol. The lowest BCUT2D eigenvalue weighted by Gasteiger charge is -2.16. The lowest BCUT2D eigenvalue weighted by Crippen LogP contribution is -2.27. The number of benzene rings is 1. The second kappa shape index (κ2) is 5.75. The third kappa shape index (κ3) is 2.61. The molecule has 3 rings (SSSR count). The minimum absolute atomic E-state index is 0.141.